The number of anilines is 1. The van der Waals surface area contributed by atoms with Crippen LogP contribution in [-0.2, 0) is 19.1 Å². The molecule has 0 saturated carbocycles. The van der Waals surface area contributed by atoms with Crippen LogP contribution in [0, 0.1) is 12.8 Å². The molecule has 1 heterocycles. The van der Waals surface area contributed by atoms with Gasteiger partial charge in [-0.3, -0.25) is 4.79 Å². The van der Waals surface area contributed by atoms with Gasteiger partial charge in [0.1, 0.15) is 0 Å². The SMILES string of the molecule is Cc1c(NC=C2C(=O)OC(C)(C)OC2=O)cccc1C(=O)NCC(C)C. The van der Waals surface area contributed by atoms with Gasteiger partial charge in [-0.1, -0.05) is 19.9 Å². The molecule has 140 valence electrons. The van der Waals surface area contributed by atoms with E-state index in [0.717, 1.165) is 0 Å². The number of carbonyl (C=O) groups excluding carboxylic acids is 3. The Kier molecular flexibility index (Phi) is 5.69. The minimum absolute atomic E-state index is 0.175. The van der Waals surface area contributed by atoms with Crippen molar-refractivity contribution in [2.45, 2.75) is 40.4 Å². The third-order valence-electron chi connectivity index (χ3n) is 3.74. The zero-order chi connectivity index (χ0) is 19.5. The molecule has 2 rings (SSSR count). The summed E-state index contributed by atoms with van der Waals surface area (Å²) >= 11 is 0. The van der Waals surface area contributed by atoms with Crippen molar-refractivity contribution in [2.24, 2.45) is 5.92 Å². The number of ether oxygens (including phenoxy) is 2. The smallest absolute Gasteiger partial charge is 0.350 e. The molecule has 0 aliphatic carbocycles. The Balaban J connectivity index is 2.18. The molecule has 0 spiro atoms. The van der Waals surface area contributed by atoms with Gasteiger partial charge in [0, 0.05) is 37.8 Å². The van der Waals surface area contributed by atoms with E-state index in [1.54, 1.807) is 25.1 Å². The molecule has 0 atom stereocenters. The fourth-order valence-corrected chi connectivity index (χ4v) is 2.36. The zero-order valence-corrected chi connectivity index (χ0v) is 15.6. The normalized spacial score (nSPS) is 16.0. The highest BCUT2D eigenvalue weighted by atomic mass is 16.7. The summed E-state index contributed by atoms with van der Waals surface area (Å²) < 4.78 is 10.1. The number of nitrogens with one attached hydrogen (secondary N) is 2. The summed E-state index contributed by atoms with van der Waals surface area (Å²) in [6.07, 6.45) is 1.23. The van der Waals surface area contributed by atoms with E-state index < -0.39 is 17.7 Å². The van der Waals surface area contributed by atoms with Gasteiger partial charge in [-0.15, -0.1) is 0 Å². The van der Waals surface area contributed by atoms with Crippen LogP contribution in [0.15, 0.2) is 30.0 Å². The third kappa shape index (κ3) is 4.62. The first kappa shape index (κ1) is 19.5. The van der Waals surface area contributed by atoms with Crippen LogP contribution in [0.4, 0.5) is 5.69 Å². The first-order valence-electron chi connectivity index (χ1n) is 8.42. The van der Waals surface area contributed by atoms with Crippen molar-refractivity contribution >= 4 is 23.5 Å². The lowest BCUT2D eigenvalue weighted by Crippen LogP contribution is -2.42. The van der Waals surface area contributed by atoms with Crippen LogP contribution < -0.4 is 10.6 Å². The number of benzene rings is 1. The maximum atomic E-state index is 12.3. The molecule has 0 unspecified atom stereocenters. The predicted octanol–water partition coefficient (Wildman–Crippen LogP) is 2.51. The number of cyclic esters (lactones) is 2. The van der Waals surface area contributed by atoms with Gasteiger partial charge in [-0.05, 0) is 30.5 Å². The van der Waals surface area contributed by atoms with Crippen molar-refractivity contribution in [1.82, 2.24) is 5.32 Å². The maximum absolute atomic E-state index is 12.3. The monoisotopic (exact) mass is 360 g/mol. The number of hydrogen-bond acceptors (Lipinski definition) is 6. The minimum atomic E-state index is -1.28. The second-order valence-corrected chi connectivity index (χ2v) is 6.96. The van der Waals surface area contributed by atoms with Crippen LogP contribution in [0.2, 0.25) is 0 Å². The van der Waals surface area contributed by atoms with Crippen LogP contribution in [0.5, 0.6) is 0 Å². The summed E-state index contributed by atoms with van der Waals surface area (Å²) in [5, 5.41) is 5.75. The minimum Gasteiger partial charge on any atom is -0.419 e. The van der Waals surface area contributed by atoms with Crippen molar-refractivity contribution in [3.8, 4) is 0 Å². The van der Waals surface area contributed by atoms with Crippen LogP contribution in [0.3, 0.4) is 0 Å². The topological polar surface area (TPSA) is 93.7 Å². The van der Waals surface area contributed by atoms with Crippen LogP contribution >= 0.6 is 0 Å². The molecule has 0 bridgehead atoms. The van der Waals surface area contributed by atoms with Crippen LogP contribution in [0.25, 0.3) is 0 Å². The first-order valence-corrected chi connectivity index (χ1v) is 8.42. The molecule has 7 heteroatoms. The lowest BCUT2D eigenvalue weighted by atomic mass is 10.1. The standard InChI is InChI=1S/C19H24N2O5/c1-11(2)9-21-16(22)13-7-6-8-15(12(13)3)20-10-14-17(23)25-19(4,5)26-18(14)24/h6-8,10-11,20H,9H2,1-5H3,(H,21,22). The Morgan fingerprint density at radius 2 is 1.81 bits per heavy atom. The van der Waals surface area contributed by atoms with Crippen molar-refractivity contribution in [3.05, 3.63) is 41.1 Å². The average Bonchev–Trinajstić information content (AvgIpc) is 2.52. The van der Waals surface area contributed by atoms with Crippen molar-refractivity contribution in [3.63, 3.8) is 0 Å². The molecule has 1 fully saturated rings. The lowest BCUT2D eigenvalue weighted by molar-refractivity contribution is -0.222. The molecule has 1 amide bonds. The number of carbonyl (C=O) groups is 3. The fraction of sp³-hybridized carbons (Fsp3) is 0.421. The number of hydrogen-bond donors (Lipinski definition) is 2. The van der Waals surface area contributed by atoms with Gasteiger partial charge in [-0.2, -0.15) is 0 Å². The fourth-order valence-electron chi connectivity index (χ4n) is 2.36. The third-order valence-corrected chi connectivity index (χ3v) is 3.74. The van der Waals surface area contributed by atoms with Crippen molar-refractivity contribution in [2.75, 3.05) is 11.9 Å². The van der Waals surface area contributed by atoms with E-state index in [1.807, 2.05) is 13.8 Å². The molecular formula is C19H24N2O5. The molecule has 26 heavy (non-hydrogen) atoms. The van der Waals surface area contributed by atoms with E-state index >= 15 is 0 Å². The molecule has 2 N–H and O–H groups in total. The van der Waals surface area contributed by atoms with Gasteiger partial charge in [-0.25, -0.2) is 9.59 Å². The van der Waals surface area contributed by atoms with Crippen molar-refractivity contribution in [1.29, 1.82) is 0 Å². The summed E-state index contributed by atoms with van der Waals surface area (Å²) in [5.41, 5.74) is 1.57. The lowest BCUT2D eigenvalue weighted by Gasteiger charge is -2.29. The van der Waals surface area contributed by atoms with Crippen molar-refractivity contribution < 1.29 is 23.9 Å². The van der Waals surface area contributed by atoms with E-state index in [4.69, 9.17) is 9.47 Å². The highest BCUT2D eigenvalue weighted by Crippen LogP contribution is 2.24. The van der Waals surface area contributed by atoms with Gasteiger partial charge in [0.25, 0.3) is 11.7 Å². The molecule has 1 aliphatic rings. The second-order valence-electron chi connectivity index (χ2n) is 6.96. The Hall–Kier alpha value is -2.83. The summed E-state index contributed by atoms with van der Waals surface area (Å²) in [6.45, 7) is 9.36. The molecule has 7 nitrogen and oxygen atoms in total. The quantitative estimate of drug-likeness (QED) is 0.476. The van der Waals surface area contributed by atoms with Crippen LogP contribution in [-0.4, -0.2) is 30.2 Å². The second kappa shape index (κ2) is 7.59. The summed E-state index contributed by atoms with van der Waals surface area (Å²) in [6, 6.07) is 5.18. The Bertz CT molecular complexity index is 743. The van der Waals surface area contributed by atoms with Crippen LogP contribution in [0.1, 0.15) is 43.6 Å². The zero-order valence-electron chi connectivity index (χ0n) is 15.6. The molecule has 0 radical (unpaired) electrons. The van der Waals surface area contributed by atoms with E-state index in [1.165, 1.54) is 20.0 Å². The Morgan fingerprint density at radius 3 is 2.38 bits per heavy atom. The number of rotatable bonds is 5. The molecule has 1 aromatic carbocycles. The van der Waals surface area contributed by atoms with E-state index in [2.05, 4.69) is 10.6 Å². The summed E-state index contributed by atoms with van der Waals surface area (Å²) in [5.74, 6) is -2.64. The van der Waals surface area contributed by atoms with Gasteiger partial charge in [0.15, 0.2) is 5.57 Å². The summed E-state index contributed by atoms with van der Waals surface area (Å²) in [7, 11) is 0. The van der Waals surface area contributed by atoms with Gasteiger partial charge in [0.2, 0.25) is 0 Å². The highest BCUT2D eigenvalue weighted by molar-refractivity contribution is 6.15. The highest BCUT2D eigenvalue weighted by Gasteiger charge is 2.38. The number of amides is 1. The molecule has 0 aromatic heterocycles. The molecule has 1 aliphatic heterocycles. The predicted molar refractivity (Wildman–Crippen MR) is 96.3 cm³/mol. The average molecular weight is 360 g/mol. The molecular weight excluding hydrogens is 336 g/mol. The van der Waals surface area contributed by atoms with E-state index in [0.29, 0.717) is 29.3 Å². The number of esters is 2. The van der Waals surface area contributed by atoms with Gasteiger partial charge < -0.3 is 20.1 Å². The van der Waals surface area contributed by atoms with Gasteiger partial charge in [0.05, 0.1) is 0 Å². The molecule has 1 saturated heterocycles. The van der Waals surface area contributed by atoms with E-state index in [-0.39, 0.29) is 11.5 Å². The Morgan fingerprint density at radius 1 is 1.19 bits per heavy atom. The molecule has 1 aromatic rings. The Labute approximate surface area is 152 Å². The summed E-state index contributed by atoms with van der Waals surface area (Å²) in [4.78, 5) is 36.2. The van der Waals surface area contributed by atoms with E-state index in [9.17, 15) is 14.4 Å². The van der Waals surface area contributed by atoms with Gasteiger partial charge >= 0.3 is 11.9 Å². The first-order chi connectivity index (χ1) is 12.1. The largest absolute Gasteiger partial charge is 0.419 e. The maximum Gasteiger partial charge on any atom is 0.350 e.